The highest BCUT2D eigenvalue weighted by Crippen LogP contribution is 2.12. The molecule has 0 spiro atoms. The van der Waals surface area contributed by atoms with Crippen molar-refractivity contribution in [1.82, 2.24) is 5.32 Å². The highest BCUT2D eigenvalue weighted by Gasteiger charge is 2.09. The summed E-state index contributed by atoms with van der Waals surface area (Å²) in [6.45, 7) is 5.67. The van der Waals surface area contributed by atoms with Gasteiger partial charge in [0.05, 0.1) is 6.61 Å². The van der Waals surface area contributed by atoms with Gasteiger partial charge in [-0.3, -0.25) is 0 Å². The van der Waals surface area contributed by atoms with Crippen LogP contribution in [0.1, 0.15) is 25.8 Å². The van der Waals surface area contributed by atoms with Gasteiger partial charge in [0.15, 0.2) is 0 Å². The zero-order valence-electron chi connectivity index (χ0n) is 12.8. The molecule has 0 aliphatic carbocycles. The molecule has 0 aromatic heterocycles. The lowest BCUT2D eigenvalue weighted by Gasteiger charge is -2.19. The molecule has 1 aromatic rings. The summed E-state index contributed by atoms with van der Waals surface area (Å²) in [7, 11) is 1.68. The maximum absolute atomic E-state index is 9.90. The summed E-state index contributed by atoms with van der Waals surface area (Å²) in [5.41, 5.74) is 1.28. The summed E-state index contributed by atoms with van der Waals surface area (Å²) in [4.78, 5) is 0. The molecule has 4 heteroatoms. The van der Waals surface area contributed by atoms with Gasteiger partial charge < -0.3 is 19.9 Å². The normalized spacial score (nSPS) is 14.0. The number of ether oxygens (including phenoxy) is 2. The van der Waals surface area contributed by atoms with E-state index >= 15 is 0 Å². The van der Waals surface area contributed by atoms with Crippen molar-refractivity contribution < 1.29 is 14.6 Å². The Morgan fingerprint density at radius 1 is 1.15 bits per heavy atom. The molecule has 0 aliphatic heterocycles. The molecule has 20 heavy (non-hydrogen) atoms. The third kappa shape index (κ3) is 6.37. The van der Waals surface area contributed by atoms with E-state index in [-0.39, 0.29) is 6.04 Å². The van der Waals surface area contributed by atoms with E-state index in [1.165, 1.54) is 5.56 Å². The molecule has 2 atom stereocenters. The second-order valence-electron chi connectivity index (χ2n) is 4.93. The van der Waals surface area contributed by atoms with Crippen LogP contribution in [0.2, 0.25) is 0 Å². The third-order valence-electron chi connectivity index (χ3n) is 3.28. The van der Waals surface area contributed by atoms with Crippen LogP contribution in [0.15, 0.2) is 24.3 Å². The molecule has 1 rings (SSSR count). The van der Waals surface area contributed by atoms with Crippen LogP contribution in [0, 0.1) is 0 Å². The largest absolute Gasteiger partial charge is 0.491 e. The van der Waals surface area contributed by atoms with Crippen molar-refractivity contribution in [2.75, 3.05) is 26.9 Å². The van der Waals surface area contributed by atoms with E-state index in [9.17, 15) is 5.11 Å². The number of hydrogen-bond donors (Lipinski definition) is 2. The fourth-order valence-electron chi connectivity index (χ4n) is 1.90. The smallest absolute Gasteiger partial charge is 0.119 e. The molecule has 4 nitrogen and oxygen atoms in total. The third-order valence-corrected chi connectivity index (χ3v) is 3.28. The number of rotatable bonds is 10. The molecule has 1 aromatic carbocycles. The van der Waals surface area contributed by atoms with E-state index in [0.717, 1.165) is 18.6 Å². The van der Waals surface area contributed by atoms with Crippen molar-refractivity contribution in [3.05, 3.63) is 29.8 Å². The van der Waals surface area contributed by atoms with Gasteiger partial charge in [-0.2, -0.15) is 0 Å². The molecule has 0 bridgehead atoms. The van der Waals surface area contributed by atoms with Crippen LogP contribution in [0.3, 0.4) is 0 Å². The lowest BCUT2D eigenvalue weighted by molar-refractivity contribution is 0.0953. The summed E-state index contributed by atoms with van der Waals surface area (Å²) in [5, 5.41) is 13.2. The first-order valence-corrected chi connectivity index (χ1v) is 7.31. The van der Waals surface area contributed by atoms with Crippen LogP contribution in [-0.2, 0) is 11.2 Å². The van der Waals surface area contributed by atoms with Gasteiger partial charge in [-0.05, 0) is 30.5 Å². The monoisotopic (exact) mass is 281 g/mol. The molecular weight excluding hydrogens is 254 g/mol. The van der Waals surface area contributed by atoms with Crippen molar-refractivity contribution in [2.24, 2.45) is 0 Å². The minimum atomic E-state index is -0.522. The average molecular weight is 281 g/mol. The summed E-state index contributed by atoms with van der Waals surface area (Å²) >= 11 is 0. The van der Waals surface area contributed by atoms with Gasteiger partial charge in [0.1, 0.15) is 18.5 Å². The SMILES string of the molecule is CCc1ccc(OCC(O)CNC(CC)COC)cc1. The fraction of sp³-hybridized carbons (Fsp3) is 0.625. The molecule has 0 aliphatic rings. The van der Waals surface area contributed by atoms with Crippen molar-refractivity contribution in [1.29, 1.82) is 0 Å². The first-order valence-electron chi connectivity index (χ1n) is 7.31. The molecule has 0 heterocycles. The topological polar surface area (TPSA) is 50.7 Å². The van der Waals surface area contributed by atoms with Crippen LogP contribution >= 0.6 is 0 Å². The molecule has 2 N–H and O–H groups in total. The summed E-state index contributed by atoms with van der Waals surface area (Å²) in [5.74, 6) is 0.796. The Bertz CT molecular complexity index is 353. The van der Waals surface area contributed by atoms with Crippen LogP contribution in [0.5, 0.6) is 5.75 Å². The van der Waals surface area contributed by atoms with Crippen LogP contribution in [-0.4, -0.2) is 44.1 Å². The maximum Gasteiger partial charge on any atom is 0.119 e. The van der Waals surface area contributed by atoms with E-state index < -0.39 is 6.10 Å². The minimum Gasteiger partial charge on any atom is -0.491 e. The molecule has 0 saturated carbocycles. The average Bonchev–Trinajstić information content (AvgIpc) is 2.49. The quantitative estimate of drug-likeness (QED) is 0.689. The Morgan fingerprint density at radius 2 is 1.85 bits per heavy atom. The molecule has 114 valence electrons. The Balaban J connectivity index is 2.26. The van der Waals surface area contributed by atoms with E-state index in [2.05, 4.69) is 19.2 Å². The van der Waals surface area contributed by atoms with Crippen molar-refractivity contribution >= 4 is 0 Å². The van der Waals surface area contributed by atoms with Gasteiger partial charge in [-0.15, -0.1) is 0 Å². The number of nitrogens with one attached hydrogen (secondary N) is 1. The molecule has 0 amide bonds. The zero-order valence-corrected chi connectivity index (χ0v) is 12.8. The Labute approximate surface area is 122 Å². The van der Waals surface area contributed by atoms with E-state index in [1.54, 1.807) is 7.11 Å². The van der Waals surface area contributed by atoms with Gasteiger partial charge in [-0.25, -0.2) is 0 Å². The van der Waals surface area contributed by atoms with Crippen molar-refractivity contribution in [2.45, 2.75) is 38.8 Å². The molecule has 2 unspecified atom stereocenters. The predicted molar refractivity (Wildman–Crippen MR) is 81.3 cm³/mol. The standard InChI is InChI=1S/C16H27NO3/c1-4-13-6-8-16(9-7-13)20-12-15(18)10-17-14(5-2)11-19-3/h6-9,14-15,17-18H,4-5,10-12H2,1-3H3. The Hall–Kier alpha value is -1.10. The maximum atomic E-state index is 9.90. The second-order valence-corrected chi connectivity index (χ2v) is 4.93. The molecule has 0 saturated heterocycles. The van der Waals surface area contributed by atoms with Crippen LogP contribution < -0.4 is 10.1 Å². The van der Waals surface area contributed by atoms with Crippen LogP contribution in [0.25, 0.3) is 0 Å². The number of aryl methyl sites for hydroxylation is 1. The molecule has 0 radical (unpaired) electrons. The van der Waals surface area contributed by atoms with Crippen LogP contribution in [0.4, 0.5) is 0 Å². The molecular formula is C16H27NO3. The number of benzene rings is 1. The zero-order chi connectivity index (χ0) is 14.8. The fourth-order valence-corrected chi connectivity index (χ4v) is 1.90. The number of hydrogen-bond acceptors (Lipinski definition) is 4. The summed E-state index contributed by atoms with van der Waals surface area (Å²) < 4.78 is 10.7. The second kappa shape index (κ2) is 9.75. The lowest BCUT2D eigenvalue weighted by Crippen LogP contribution is -2.39. The van der Waals surface area contributed by atoms with Gasteiger partial charge in [0, 0.05) is 19.7 Å². The van der Waals surface area contributed by atoms with Crippen molar-refractivity contribution in [3.8, 4) is 5.75 Å². The van der Waals surface area contributed by atoms with Gasteiger partial charge in [-0.1, -0.05) is 26.0 Å². The number of aliphatic hydroxyl groups is 1. The Kier molecular flexibility index (Phi) is 8.26. The van der Waals surface area contributed by atoms with E-state index in [4.69, 9.17) is 9.47 Å². The highest BCUT2D eigenvalue weighted by atomic mass is 16.5. The van der Waals surface area contributed by atoms with Crippen molar-refractivity contribution in [3.63, 3.8) is 0 Å². The summed E-state index contributed by atoms with van der Waals surface area (Å²) in [6.07, 6.45) is 1.47. The minimum absolute atomic E-state index is 0.276. The van der Waals surface area contributed by atoms with Gasteiger partial charge in [0.2, 0.25) is 0 Å². The number of methoxy groups -OCH3 is 1. The first-order chi connectivity index (χ1) is 9.69. The highest BCUT2D eigenvalue weighted by molar-refractivity contribution is 5.27. The van der Waals surface area contributed by atoms with Gasteiger partial charge >= 0.3 is 0 Å². The van der Waals surface area contributed by atoms with E-state index in [0.29, 0.717) is 19.8 Å². The van der Waals surface area contributed by atoms with E-state index in [1.807, 2.05) is 24.3 Å². The lowest BCUT2D eigenvalue weighted by atomic mass is 10.2. The van der Waals surface area contributed by atoms with Gasteiger partial charge in [0.25, 0.3) is 0 Å². The first kappa shape index (κ1) is 17.0. The predicted octanol–water partition coefficient (Wildman–Crippen LogP) is 2.00. The number of aliphatic hydroxyl groups excluding tert-OH is 1. The Morgan fingerprint density at radius 3 is 2.40 bits per heavy atom. The molecule has 0 fully saturated rings. The summed E-state index contributed by atoms with van der Waals surface area (Å²) in [6, 6.07) is 8.26.